The number of nitrogens with one attached hydrogen (secondary N) is 1. The number of halogens is 4. The topological polar surface area (TPSA) is 95.4 Å². The summed E-state index contributed by atoms with van der Waals surface area (Å²) in [7, 11) is 0. The van der Waals surface area contributed by atoms with E-state index in [1.165, 1.54) is 18.3 Å². The molecule has 0 aromatic carbocycles. The first-order valence-electron chi connectivity index (χ1n) is 10.4. The zero-order valence-electron chi connectivity index (χ0n) is 18.1. The second-order valence-corrected chi connectivity index (χ2v) is 8.70. The highest BCUT2D eigenvalue weighted by atomic mass is 35.5. The van der Waals surface area contributed by atoms with Gasteiger partial charge in [0, 0.05) is 49.3 Å². The van der Waals surface area contributed by atoms with Crippen molar-refractivity contribution in [1.82, 2.24) is 9.97 Å². The summed E-state index contributed by atoms with van der Waals surface area (Å²) in [6, 6.07) is 3.82. The molecule has 0 unspecified atom stereocenters. The van der Waals surface area contributed by atoms with Gasteiger partial charge in [0.2, 0.25) is 5.91 Å². The van der Waals surface area contributed by atoms with E-state index in [0.29, 0.717) is 18.5 Å². The molecule has 3 rings (SSSR count). The predicted molar refractivity (Wildman–Crippen MR) is 117 cm³/mol. The van der Waals surface area contributed by atoms with E-state index in [9.17, 15) is 27.9 Å². The molecule has 2 aromatic heterocycles. The highest BCUT2D eigenvalue weighted by molar-refractivity contribution is 6.33. The number of hydrogen-bond donors (Lipinski definition) is 2. The molecule has 1 aliphatic heterocycles. The van der Waals surface area contributed by atoms with Crippen molar-refractivity contribution in [2.45, 2.75) is 39.0 Å². The molecule has 2 N–H and O–H groups in total. The maximum absolute atomic E-state index is 12.9. The molecular formula is C22H24ClF3N4O3. The molecule has 1 amide bonds. The van der Waals surface area contributed by atoms with Gasteiger partial charge in [-0.25, -0.2) is 9.97 Å². The van der Waals surface area contributed by atoms with Crippen LogP contribution in [0, 0.1) is 11.8 Å². The molecule has 3 heterocycles. The minimum Gasteiger partial charge on any atom is -0.393 e. The number of carbonyl (C=O) groups is 2. The van der Waals surface area contributed by atoms with Crippen molar-refractivity contribution in [3.8, 4) is 0 Å². The molecular weight excluding hydrogens is 461 g/mol. The number of pyridine rings is 2. The van der Waals surface area contributed by atoms with Crippen LogP contribution in [0.1, 0.15) is 42.6 Å². The van der Waals surface area contributed by atoms with Crippen LogP contribution in [0.3, 0.4) is 0 Å². The Balaban J connectivity index is 1.71. The number of ketones is 1. The van der Waals surface area contributed by atoms with Gasteiger partial charge in [-0.05, 0) is 24.6 Å². The lowest BCUT2D eigenvalue weighted by atomic mass is 9.88. The van der Waals surface area contributed by atoms with Gasteiger partial charge in [0.25, 0.3) is 0 Å². The van der Waals surface area contributed by atoms with Gasteiger partial charge < -0.3 is 15.3 Å². The van der Waals surface area contributed by atoms with Crippen LogP contribution in [0.5, 0.6) is 0 Å². The van der Waals surface area contributed by atoms with Gasteiger partial charge in [0.15, 0.2) is 5.78 Å². The second-order valence-electron chi connectivity index (χ2n) is 8.29. The van der Waals surface area contributed by atoms with Crippen LogP contribution >= 0.6 is 11.6 Å². The maximum atomic E-state index is 12.9. The molecule has 1 aliphatic rings. The summed E-state index contributed by atoms with van der Waals surface area (Å²) in [6.45, 7) is 4.01. The Bertz CT molecular complexity index is 1030. The van der Waals surface area contributed by atoms with E-state index in [4.69, 9.17) is 11.6 Å². The smallest absolute Gasteiger partial charge is 0.393 e. The van der Waals surface area contributed by atoms with Crippen molar-refractivity contribution < 1.29 is 27.9 Å². The van der Waals surface area contributed by atoms with Gasteiger partial charge in [-0.2, -0.15) is 13.2 Å². The van der Waals surface area contributed by atoms with Crippen molar-refractivity contribution in [3.63, 3.8) is 0 Å². The van der Waals surface area contributed by atoms with Crippen LogP contribution in [0.15, 0.2) is 30.6 Å². The summed E-state index contributed by atoms with van der Waals surface area (Å²) in [4.78, 5) is 34.3. The molecule has 2 atom stereocenters. The van der Waals surface area contributed by atoms with Crippen LogP contribution in [0.2, 0.25) is 5.02 Å². The Hall–Kier alpha value is -2.72. The minimum atomic E-state index is -4.56. The van der Waals surface area contributed by atoms with Gasteiger partial charge in [-0.3, -0.25) is 9.59 Å². The maximum Gasteiger partial charge on any atom is 0.417 e. The number of aliphatic hydroxyl groups excluding tert-OH is 1. The largest absolute Gasteiger partial charge is 0.417 e. The van der Waals surface area contributed by atoms with Crippen LogP contribution in [0.4, 0.5) is 24.8 Å². The van der Waals surface area contributed by atoms with Crippen molar-refractivity contribution in [2.24, 2.45) is 11.8 Å². The normalized spacial score (nSPS) is 19.0. The summed E-state index contributed by atoms with van der Waals surface area (Å²) in [5.74, 6) is -0.780. The number of nitrogens with zero attached hydrogens (tertiary/aromatic N) is 3. The monoisotopic (exact) mass is 484 g/mol. The molecule has 2 aromatic rings. The Morgan fingerprint density at radius 2 is 2.03 bits per heavy atom. The third kappa shape index (κ3) is 6.20. The van der Waals surface area contributed by atoms with Crippen LogP contribution in [-0.4, -0.2) is 46.0 Å². The number of Topliss-reactive ketones (excluding diaryl/α,β-unsaturated/α-hetero) is 1. The molecule has 11 heteroatoms. The lowest BCUT2D eigenvalue weighted by Gasteiger charge is -2.37. The molecule has 1 fully saturated rings. The van der Waals surface area contributed by atoms with Gasteiger partial charge in [0.1, 0.15) is 11.6 Å². The molecule has 0 aliphatic carbocycles. The van der Waals surface area contributed by atoms with Gasteiger partial charge in [0.05, 0.1) is 16.7 Å². The van der Waals surface area contributed by atoms with E-state index in [0.717, 1.165) is 12.3 Å². The molecule has 7 nitrogen and oxygen atoms in total. The predicted octanol–water partition coefficient (Wildman–Crippen LogP) is 4.20. The van der Waals surface area contributed by atoms with E-state index >= 15 is 0 Å². The summed E-state index contributed by atoms with van der Waals surface area (Å²) < 4.78 is 38.7. The summed E-state index contributed by atoms with van der Waals surface area (Å²) in [6.07, 6.45) is -2.88. The zero-order valence-corrected chi connectivity index (χ0v) is 18.8. The Labute approximate surface area is 194 Å². The highest BCUT2D eigenvalue weighted by Gasteiger charge is 2.34. The number of hydrogen-bond acceptors (Lipinski definition) is 6. The number of aromatic nitrogens is 2. The third-order valence-corrected chi connectivity index (χ3v) is 5.73. The summed E-state index contributed by atoms with van der Waals surface area (Å²) >= 11 is 6.06. The van der Waals surface area contributed by atoms with Crippen LogP contribution < -0.4 is 10.2 Å². The molecule has 1 saturated heterocycles. The molecule has 0 bridgehead atoms. The first-order valence-corrected chi connectivity index (χ1v) is 10.8. The van der Waals surface area contributed by atoms with Crippen LogP contribution in [-0.2, 0) is 11.0 Å². The highest BCUT2D eigenvalue weighted by Crippen LogP contribution is 2.35. The third-order valence-electron chi connectivity index (χ3n) is 5.45. The number of carbonyl (C=O) groups excluding carboxylic acids is 2. The van der Waals surface area contributed by atoms with E-state index in [1.807, 2.05) is 0 Å². The minimum absolute atomic E-state index is 0.00248. The Morgan fingerprint density at radius 3 is 2.67 bits per heavy atom. The molecule has 0 spiro atoms. The van der Waals surface area contributed by atoms with Crippen molar-refractivity contribution >= 4 is 34.9 Å². The van der Waals surface area contributed by atoms with E-state index < -0.39 is 23.8 Å². The second kappa shape index (κ2) is 10.0. The number of alkyl halides is 3. The lowest BCUT2D eigenvalue weighted by Crippen LogP contribution is -2.44. The fourth-order valence-corrected chi connectivity index (χ4v) is 3.82. The fraction of sp³-hybridized carbons (Fsp3) is 0.455. The van der Waals surface area contributed by atoms with Crippen molar-refractivity contribution in [2.75, 3.05) is 23.3 Å². The van der Waals surface area contributed by atoms with Gasteiger partial charge >= 0.3 is 6.18 Å². The molecule has 33 heavy (non-hydrogen) atoms. The van der Waals surface area contributed by atoms with Crippen LogP contribution in [0.25, 0.3) is 0 Å². The zero-order chi connectivity index (χ0) is 24.3. The molecule has 178 valence electrons. The first kappa shape index (κ1) is 24.9. The first-order chi connectivity index (χ1) is 15.5. The molecule has 0 saturated carbocycles. The Kier molecular flexibility index (Phi) is 7.58. The average molecular weight is 485 g/mol. The summed E-state index contributed by atoms with van der Waals surface area (Å²) in [5.41, 5.74) is -0.614. The van der Waals surface area contributed by atoms with E-state index in [-0.39, 0.29) is 47.2 Å². The average Bonchev–Trinajstić information content (AvgIpc) is 2.74. The molecule has 0 radical (unpaired) electrons. The SMILES string of the molecule is CC(C)C(=O)Nc1cc(C(=O)C[C@H]2CN(c3ncc(C(F)(F)F)cc3Cl)CC[C@@H]2O)ccn1. The van der Waals surface area contributed by atoms with E-state index in [2.05, 4.69) is 15.3 Å². The standard InChI is InChI=1S/C22H24ClF3N4O3/c1-12(2)21(33)29-19-8-13(3-5-27-19)18(32)7-14-11-30(6-4-17(14)31)20-16(23)9-15(10-28-20)22(24,25)26/h3,5,8-10,12,14,17,31H,4,6-7,11H2,1-2H3,(H,27,29,33)/t14-,17-/m0/s1. The quantitative estimate of drug-likeness (QED) is 0.596. The number of aliphatic hydroxyl groups is 1. The lowest BCUT2D eigenvalue weighted by molar-refractivity contribution is -0.137. The number of rotatable bonds is 6. The van der Waals surface area contributed by atoms with Crippen molar-refractivity contribution in [3.05, 3.63) is 46.7 Å². The van der Waals surface area contributed by atoms with Gasteiger partial charge in [-0.15, -0.1) is 0 Å². The Morgan fingerprint density at radius 1 is 1.30 bits per heavy atom. The number of piperidine rings is 1. The fourth-order valence-electron chi connectivity index (χ4n) is 3.53. The van der Waals surface area contributed by atoms with Gasteiger partial charge in [-0.1, -0.05) is 25.4 Å². The van der Waals surface area contributed by atoms with E-state index in [1.54, 1.807) is 18.7 Å². The van der Waals surface area contributed by atoms with Crippen molar-refractivity contribution in [1.29, 1.82) is 0 Å². The number of anilines is 2. The number of amides is 1. The summed E-state index contributed by atoms with van der Waals surface area (Å²) in [5, 5.41) is 12.9.